The van der Waals surface area contributed by atoms with Crippen molar-refractivity contribution in [2.45, 2.75) is 51.7 Å². The number of hydrogen-bond acceptors (Lipinski definition) is 4. The Kier molecular flexibility index (Phi) is 8.12. The highest BCUT2D eigenvalue weighted by atomic mass is 16.2. The van der Waals surface area contributed by atoms with Crippen molar-refractivity contribution >= 4 is 18.1 Å². The molecule has 0 saturated carbocycles. The van der Waals surface area contributed by atoms with Crippen LogP contribution >= 0.6 is 0 Å². The number of benzene rings is 1. The average molecular weight is 333 g/mol. The normalized spacial score (nSPS) is 15.7. The van der Waals surface area contributed by atoms with Gasteiger partial charge < -0.3 is 21.2 Å². The molecular formula is C18H27N3O3. The number of hydrogen-bond donors (Lipinski definition) is 3. The summed E-state index contributed by atoms with van der Waals surface area (Å²) in [7, 11) is 0. The summed E-state index contributed by atoms with van der Waals surface area (Å²) in [5.41, 5.74) is 6.85. The molecule has 1 aromatic carbocycles. The van der Waals surface area contributed by atoms with E-state index in [1.807, 2.05) is 44.2 Å². The van der Waals surface area contributed by atoms with E-state index >= 15 is 0 Å². The molecule has 0 spiro atoms. The molecule has 6 heteroatoms. The van der Waals surface area contributed by atoms with E-state index in [2.05, 4.69) is 10.6 Å². The summed E-state index contributed by atoms with van der Waals surface area (Å²) >= 11 is 0. The van der Waals surface area contributed by atoms with Crippen LogP contribution in [0.5, 0.6) is 0 Å². The lowest BCUT2D eigenvalue weighted by Gasteiger charge is -2.22. The molecule has 0 aliphatic heterocycles. The van der Waals surface area contributed by atoms with Gasteiger partial charge in [0.05, 0.1) is 12.1 Å². The predicted octanol–water partition coefficient (Wildman–Crippen LogP) is 0.791. The number of nitrogens with one attached hydrogen (secondary N) is 2. The fourth-order valence-corrected chi connectivity index (χ4v) is 2.20. The Morgan fingerprint density at radius 2 is 1.75 bits per heavy atom. The van der Waals surface area contributed by atoms with Crippen molar-refractivity contribution in [2.75, 3.05) is 0 Å². The number of carbonyl (C=O) groups is 3. The number of amides is 2. The van der Waals surface area contributed by atoms with Crippen molar-refractivity contribution in [3.63, 3.8) is 0 Å². The molecule has 0 aliphatic rings. The maximum atomic E-state index is 12.1. The van der Waals surface area contributed by atoms with Crippen molar-refractivity contribution in [1.82, 2.24) is 10.6 Å². The largest absolute Gasteiger partial charge is 0.345 e. The highest BCUT2D eigenvalue weighted by Crippen LogP contribution is 2.06. The van der Waals surface area contributed by atoms with Crippen LogP contribution < -0.4 is 16.4 Å². The van der Waals surface area contributed by atoms with Crippen LogP contribution in [0.2, 0.25) is 0 Å². The summed E-state index contributed by atoms with van der Waals surface area (Å²) in [4.78, 5) is 35.3. The van der Waals surface area contributed by atoms with E-state index in [0.29, 0.717) is 6.42 Å². The average Bonchev–Trinajstić information content (AvgIpc) is 2.59. The molecular weight excluding hydrogens is 306 g/mol. The van der Waals surface area contributed by atoms with Crippen LogP contribution in [0.3, 0.4) is 0 Å². The Bertz CT molecular complexity index is 548. The Labute approximate surface area is 143 Å². The van der Waals surface area contributed by atoms with Gasteiger partial charge in [-0.3, -0.25) is 9.59 Å². The highest BCUT2D eigenvalue weighted by molar-refractivity contribution is 5.90. The summed E-state index contributed by atoms with van der Waals surface area (Å²) in [5.74, 6) is -0.755. The fraction of sp³-hybridized carbons (Fsp3) is 0.500. The summed E-state index contributed by atoms with van der Waals surface area (Å²) in [6, 6.07) is 7.38. The van der Waals surface area contributed by atoms with Crippen LogP contribution in [-0.4, -0.2) is 36.2 Å². The number of nitrogens with two attached hydrogens (primary N) is 1. The molecule has 1 aromatic rings. The topological polar surface area (TPSA) is 101 Å². The fourth-order valence-electron chi connectivity index (χ4n) is 2.20. The van der Waals surface area contributed by atoms with Gasteiger partial charge in [-0.2, -0.15) is 0 Å². The second kappa shape index (κ2) is 9.82. The summed E-state index contributed by atoms with van der Waals surface area (Å²) in [5, 5.41) is 5.24. The molecule has 0 aromatic heterocycles. The maximum absolute atomic E-state index is 12.1. The molecule has 0 unspecified atom stereocenters. The Hall–Kier alpha value is -2.21. The van der Waals surface area contributed by atoms with Crippen molar-refractivity contribution in [3.8, 4) is 0 Å². The zero-order valence-electron chi connectivity index (χ0n) is 14.5. The molecule has 0 aliphatic carbocycles. The molecule has 4 atom stereocenters. The standard InChI is InChI=1S/C18H27N3O3/c1-4-12(2)16(11-22)21-17(23)13(3)20-18(24)15(19)10-14-8-6-5-7-9-14/h5-9,11-13,15-16H,4,10,19H2,1-3H3,(H,20,24)(H,21,23)/t12-,13-,15-,16+/m0/s1. The minimum absolute atomic E-state index is 0.0367. The number of carbonyl (C=O) groups excluding carboxylic acids is 3. The highest BCUT2D eigenvalue weighted by Gasteiger charge is 2.23. The minimum Gasteiger partial charge on any atom is -0.345 e. The molecule has 24 heavy (non-hydrogen) atoms. The molecule has 1 rings (SSSR count). The van der Waals surface area contributed by atoms with Gasteiger partial charge in [0, 0.05) is 0 Å². The second-order valence-electron chi connectivity index (χ2n) is 6.08. The quantitative estimate of drug-likeness (QED) is 0.582. The van der Waals surface area contributed by atoms with E-state index in [0.717, 1.165) is 18.3 Å². The molecule has 0 saturated heterocycles. The van der Waals surface area contributed by atoms with Crippen LogP contribution in [-0.2, 0) is 20.8 Å². The van der Waals surface area contributed by atoms with Crippen LogP contribution in [0.25, 0.3) is 0 Å². The summed E-state index contributed by atoms with van der Waals surface area (Å²) in [6.45, 7) is 5.40. The van der Waals surface area contributed by atoms with Crippen LogP contribution in [0.15, 0.2) is 30.3 Å². The summed E-state index contributed by atoms with van der Waals surface area (Å²) < 4.78 is 0. The predicted molar refractivity (Wildman–Crippen MR) is 93.2 cm³/mol. The molecule has 6 nitrogen and oxygen atoms in total. The SMILES string of the molecule is CC[C@H](C)[C@@H](C=O)NC(=O)[C@H](C)NC(=O)[C@@H](N)Cc1ccccc1. The minimum atomic E-state index is -0.758. The molecule has 4 N–H and O–H groups in total. The van der Waals surface area contributed by atoms with Gasteiger partial charge in [-0.05, 0) is 24.8 Å². The first kappa shape index (κ1) is 19.8. The van der Waals surface area contributed by atoms with Gasteiger partial charge in [0.2, 0.25) is 11.8 Å². The third-order valence-electron chi connectivity index (χ3n) is 4.10. The Balaban J connectivity index is 2.53. The first-order chi connectivity index (χ1) is 11.4. The third kappa shape index (κ3) is 6.12. The van der Waals surface area contributed by atoms with Gasteiger partial charge in [-0.15, -0.1) is 0 Å². The van der Waals surface area contributed by atoms with E-state index in [4.69, 9.17) is 5.73 Å². The monoisotopic (exact) mass is 333 g/mol. The zero-order chi connectivity index (χ0) is 18.1. The molecule has 2 amide bonds. The van der Waals surface area contributed by atoms with Crippen molar-refractivity contribution in [2.24, 2.45) is 11.7 Å². The van der Waals surface area contributed by atoms with Gasteiger partial charge in [0.1, 0.15) is 12.3 Å². The van der Waals surface area contributed by atoms with E-state index in [9.17, 15) is 14.4 Å². The van der Waals surface area contributed by atoms with E-state index < -0.39 is 29.9 Å². The Morgan fingerprint density at radius 1 is 1.12 bits per heavy atom. The molecule has 0 bridgehead atoms. The Morgan fingerprint density at radius 3 is 2.29 bits per heavy atom. The van der Waals surface area contributed by atoms with E-state index in [1.165, 1.54) is 0 Å². The molecule has 0 radical (unpaired) electrons. The first-order valence-corrected chi connectivity index (χ1v) is 8.24. The maximum Gasteiger partial charge on any atom is 0.242 e. The van der Waals surface area contributed by atoms with Gasteiger partial charge >= 0.3 is 0 Å². The third-order valence-corrected chi connectivity index (χ3v) is 4.10. The number of aldehydes is 1. The van der Waals surface area contributed by atoms with Crippen molar-refractivity contribution in [3.05, 3.63) is 35.9 Å². The van der Waals surface area contributed by atoms with Crippen molar-refractivity contribution in [1.29, 1.82) is 0 Å². The van der Waals surface area contributed by atoms with Gasteiger partial charge in [-0.25, -0.2) is 0 Å². The van der Waals surface area contributed by atoms with E-state index in [1.54, 1.807) is 6.92 Å². The van der Waals surface area contributed by atoms with E-state index in [-0.39, 0.29) is 5.92 Å². The van der Waals surface area contributed by atoms with Gasteiger partial charge in [0.15, 0.2) is 0 Å². The summed E-state index contributed by atoms with van der Waals surface area (Å²) in [6.07, 6.45) is 1.89. The number of rotatable bonds is 9. The molecule has 0 fully saturated rings. The first-order valence-electron chi connectivity index (χ1n) is 8.24. The second-order valence-corrected chi connectivity index (χ2v) is 6.08. The zero-order valence-corrected chi connectivity index (χ0v) is 14.5. The van der Waals surface area contributed by atoms with Crippen LogP contribution in [0.1, 0.15) is 32.8 Å². The van der Waals surface area contributed by atoms with Gasteiger partial charge in [0.25, 0.3) is 0 Å². The lowest BCUT2D eigenvalue weighted by atomic mass is 10.00. The van der Waals surface area contributed by atoms with Crippen LogP contribution in [0.4, 0.5) is 0 Å². The lowest BCUT2D eigenvalue weighted by molar-refractivity contribution is -0.130. The van der Waals surface area contributed by atoms with Crippen LogP contribution in [0, 0.1) is 5.92 Å². The van der Waals surface area contributed by atoms with Gasteiger partial charge in [-0.1, -0.05) is 50.6 Å². The van der Waals surface area contributed by atoms with Crippen molar-refractivity contribution < 1.29 is 14.4 Å². The molecule has 132 valence electrons. The smallest absolute Gasteiger partial charge is 0.242 e. The lowest BCUT2D eigenvalue weighted by Crippen LogP contribution is -2.53. The molecule has 0 heterocycles.